The molecular formula is C27H38O9. The Hall–Kier alpha value is -2.53. The van der Waals surface area contributed by atoms with E-state index in [0.29, 0.717) is 102 Å². The van der Waals surface area contributed by atoms with Crippen LogP contribution in [0.25, 0.3) is 0 Å². The van der Waals surface area contributed by atoms with E-state index in [1.165, 1.54) is 0 Å². The van der Waals surface area contributed by atoms with Crippen LogP contribution in [0.1, 0.15) is 15.9 Å². The molecule has 0 N–H and O–H groups in total. The van der Waals surface area contributed by atoms with E-state index in [2.05, 4.69) is 0 Å². The van der Waals surface area contributed by atoms with Crippen LogP contribution in [0.5, 0.6) is 11.5 Å². The van der Waals surface area contributed by atoms with Gasteiger partial charge in [0, 0.05) is 25.3 Å². The Morgan fingerprint density at radius 3 is 1.53 bits per heavy atom. The first-order valence-corrected chi connectivity index (χ1v) is 12.0. The van der Waals surface area contributed by atoms with Crippen LogP contribution in [0.15, 0.2) is 48.5 Å². The Bertz CT molecular complexity index is 829. The monoisotopic (exact) mass is 506 g/mol. The predicted molar refractivity (Wildman–Crippen MR) is 134 cm³/mol. The first kappa shape index (κ1) is 29.7. The molecule has 0 atom stereocenters. The molecule has 200 valence electrons. The van der Waals surface area contributed by atoms with Crippen LogP contribution < -0.4 is 9.47 Å². The largest absolute Gasteiger partial charge is 0.487 e. The van der Waals surface area contributed by atoms with Crippen molar-refractivity contribution in [2.24, 2.45) is 0 Å². The van der Waals surface area contributed by atoms with Crippen molar-refractivity contribution in [3.05, 3.63) is 59.7 Å². The highest BCUT2D eigenvalue weighted by Crippen LogP contribution is 2.29. The third kappa shape index (κ3) is 12.4. The minimum Gasteiger partial charge on any atom is -0.487 e. The second-order valence-corrected chi connectivity index (χ2v) is 7.49. The molecular weight excluding hydrogens is 468 g/mol. The summed E-state index contributed by atoms with van der Waals surface area (Å²) in [6, 6.07) is 14.3. The van der Waals surface area contributed by atoms with Gasteiger partial charge in [0.15, 0.2) is 17.3 Å². The lowest BCUT2D eigenvalue weighted by Gasteiger charge is -2.15. The second kappa shape index (κ2) is 19.6. The molecule has 0 aliphatic rings. The molecule has 2 rings (SSSR count). The van der Waals surface area contributed by atoms with Gasteiger partial charge in [-0.1, -0.05) is 30.3 Å². The molecule has 0 saturated carbocycles. The zero-order valence-electron chi connectivity index (χ0n) is 21.3. The van der Waals surface area contributed by atoms with Gasteiger partial charge in [-0.05, 0) is 18.2 Å². The summed E-state index contributed by atoms with van der Waals surface area (Å²) in [5.41, 5.74) is 1.12. The molecule has 0 bridgehead atoms. The number of rotatable bonds is 22. The van der Waals surface area contributed by atoms with Crippen molar-refractivity contribution < 1.29 is 42.7 Å². The number of hydrogen-bond acceptors (Lipinski definition) is 9. The second-order valence-electron chi connectivity index (χ2n) is 7.49. The average Bonchev–Trinajstić information content (AvgIpc) is 2.91. The van der Waals surface area contributed by atoms with Crippen LogP contribution in [0.4, 0.5) is 0 Å². The fraction of sp³-hybridized carbons (Fsp3) is 0.519. The lowest BCUT2D eigenvalue weighted by Crippen LogP contribution is -2.14. The summed E-state index contributed by atoms with van der Waals surface area (Å²) in [6.07, 6.45) is 0. The van der Waals surface area contributed by atoms with E-state index in [0.717, 1.165) is 0 Å². The first-order valence-electron chi connectivity index (χ1n) is 12.0. The van der Waals surface area contributed by atoms with E-state index < -0.39 is 0 Å². The lowest BCUT2D eigenvalue weighted by molar-refractivity contribution is 0.0159. The topological polar surface area (TPSA) is 90.9 Å². The maximum Gasteiger partial charge on any atom is 0.193 e. The van der Waals surface area contributed by atoms with Gasteiger partial charge in [-0.25, -0.2) is 0 Å². The molecule has 0 radical (unpaired) electrons. The number of methoxy groups -OCH3 is 2. The molecule has 9 nitrogen and oxygen atoms in total. The number of benzene rings is 2. The molecule has 0 aliphatic heterocycles. The van der Waals surface area contributed by atoms with Gasteiger partial charge in [-0.3, -0.25) is 4.79 Å². The summed E-state index contributed by atoms with van der Waals surface area (Å²) in [7, 11) is 3.26. The van der Waals surface area contributed by atoms with Crippen molar-refractivity contribution in [1.82, 2.24) is 0 Å². The molecule has 2 aromatic rings. The Morgan fingerprint density at radius 1 is 0.528 bits per heavy atom. The van der Waals surface area contributed by atoms with Gasteiger partial charge in [-0.2, -0.15) is 0 Å². The van der Waals surface area contributed by atoms with E-state index in [4.69, 9.17) is 37.9 Å². The van der Waals surface area contributed by atoms with E-state index >= 15 is 0 Å². The number of carbonyl (C=O) groups is 1. The van der Waals surface area contributed by atoms with Gasteiger partial charge >= 0.3 is 0 Å². The lowest BCUT2D eigenvalue weighted by atomic mass is 10.0. The molecule has 0 amide bonds. The number of carbonyl (C=O) groups excluding carboxylic acids is 1. The average molecular weight is 507 g/mol. The fourth-order valence-corrected chi connectivity index (χ4v) is 2.99. The minimum atomic E-state index is -0.0896. The SMILES string of the molecule is COCCOCCOCCOc1ccc(C(=O)c2ccccc2)cc1OCCOCCOCCOC. The highest BCUT2D eigenvalue weighted by molar-refractivity contribution is 6.09. The standard InChI is InChI=1S/C27H38O9/c1-29-10-12-31-14-16-33-18-20-35-25-9-8-24(27(28)23-6-4-3-5-7-23)22-26(25)36-21-19-34-17-15-32-13-11-30-2/h3-9,22H,10-21H2,1-2H3. The Balaban J connectivity index is 1.84. The third-order valence-corrected chi connectivity index (χ3v) is 4.82. The van der Waals surface area contributed by atoms with Crippen LogP contribution in [0, 0.1) is 0 Å². The van der Waals surface area contributed by atoms with Crippen molar-refractivity contribution in [2.75, 3.05) is 93.5 Å². The van der Waals surface area contributed by atoms with Gasteiger partial charge in [0.25, 0.3) is 0 Å². The molecule has 0 aromatic heterocycles. The maximum absolute atomic E-state index is 12.9. The minimum absolute atomic E-state index is 0.0896. The molecule has 0 spiro atoms. The van der Waals surface area contributed by atoms with Crippen molar-refractivity contribution in [3.8, 4) is 11.5 Å². The maximum atomic E-state index is 12.9. The quantitative estimate of drug-likeness (QED) is 0.177. The molecule has 0 saturated heterocycles. The van der Waals surface area contributed by atoms with Gasteiger partial charge < -0.3 is 37.9 Å². The van der Waals surface area contributed by atoms with Gasteiger partial charge in [-0.15, -0.1) is 0 Å². The molecule has 0 fully saturated rings. The first-order chi connectivity index (χ1) is 17.8. The van der Waals surface area contributed by atoms with Gasteiger partial charge in [0.2, 0.25) is 0 Å². The third-order valence-electron chi connectivity index (χ3n) is 4.82. The van der Waals surface area contributed by atoms with Crippen LogP contribution in [-0.4, -0.2) is 99.3 Å². The molecule has 0 unspecified atom stereocenters. The zero-order chi connectivity index (χ0) is 25.7. The number of hydrogen-bond donors (Lipinski definition) is 0. The van der Waals surface area contributed by atoms with E-state index in [9.17, 15) is 4.79 Å². The van der Waals surface area contributed by atoms with Crippen molar-refractivity contribution in [3.63, 3.8) is 0 Å². The summed E-state index contributed by atoms with van der Waals surface area (Å²) in [4.78, 5) is 12.9. The Morgan fingerprint density at radius 2 is 1.00 bits per heavy atom. The number of ketones is 1. The van der Waals surface area contributed by atoms with E-state index in [-0.39, 0.29) is 5.78 Å². The van der Waals surface area contributed by atoms with Crippen LogP contribution in [-0.2, 0) is 28.4 Å². The summed E-state index contributed by atoms with van der Waals surface area (Å²) in [5, 5.41) is 0. The predicted octanol–water partition coefficient (Wildman–Crippen LogP) is 3.03. The molecule has 2 aromatic carbocycles. The molecule has 0 heterocycles. The Kier molecular flexibility index (Phi) is 16.2. The van der Waals surface area contributed by atoms with E-state index in [1.807, 2.05) is 18.2 Å². The summed E-state index contributed by atoms with van der Waals surface area (Å²) >= 11 is 0. The van der Waals surface area contributed by atoms with Gasteiger partial charge in [0.1, 0.15) is 13.2 Å². The highest BCUT2D eigenvalue weighted by Gasteiger charge is 2.14. The molecule has 0 aliphatic carbocycles. The normalized spacial score (nSPS) is 10.9. The zero-order valence-corrected chi connectivity index (χ0v) is 21.3. The summed E-state index contributed by atoms with van der Waals surface area (Å²) < 4.78 is 43.4. The van der Waals surface area contributed by atoms with Crippen LogP contribution in [0.2, 0.25) is 0 Å². The van der Waals surface area contributed by atoms with Crippen molar-refractivity contribution >= 4 is 5.78 Å². The summed E-state index contributed by atoms with van der Waals surface area (Å²) in [6.45, 7) is 5.46. The smallest absolute Gasteiger partial charge is 0.193 e. The van der Waals surface area contributed by atoms with Crippen LogP contribution >= 0.6 is 0 Å². The van der Waals surface area contributed by atoms with Gasteiger partial charge in [0.05, 0.1) is 66.1 Å². The molecule has 9 heteroatoms. The fourth-order valence-electron chi connectivity index (χ4n) is 2.99. The number of ether oxygens (including phenoxy) is 8. The highest BCUT2D eigenvalue weighted by atomic mass is 16.6. The van der Waals surface area contributed by atoms with E-state index in [1.54, 1.807) is 44.6 Å². The molecule has 36 heavy (non-hydrogen) atoms. The van der Waals surface area contributed by atoms with Crippen molar-refractivity contribution in [2.45, 2.75) is 0 Å². The van der Waals surface area contributed by atoms with Crippen molar-refractivity contribution in [1.29, 1.82) is 0 Å². The van der Waals surface area contributed by atoms with Crippen LogP contribution in [0.3, 0.4) is 0 Å². The Labute approximate surface area is 213 Å². The summed E-state index contributed by atoms with van der Waals surface area (Å²) in [5.74, 6) is 0.912.